The van der Waals surface area contributed by atoms with E-state index in [4.69, 9.17) is 10.4 Å². The second-order valence-electron chi connectivity index (χ2n) is 6.52. The van der Waals surface area contributed by atoms with Gasteiger partial charge in [-0.25, -0.2) is 4.68 Å². The van der Waals surface area contributed by atoms with Gasteiger partial charge in [-0.3, -0.25) is 4.99 Å². The molecule has 3 aromatic rings. The molecule has 0 aliphatic rings. The number of aryl methyl sites for hydroxylation is 2. The Morgan fingerprint density at radius 3 is 2.57 bits per heavy atom. The van der Waals surface area contributed by atoms with E-state index in [9.17, 15) is 0 Å². The minimum atomic E-state index is 0.540. The van der Waals surface area contributed by atoms with E-state index in [0.717, 1.165) is 27.3 Å². The first-order valence-corrected chi connectivity index (χ1v) is 9.87. The summed E-state index contributed by atoms with van der Waals surface area (Å²) in [6, 6.07) is 16.0. The minimum absolute atomic E-state index is 0.540. The van der Waals surface area contributed by atoms with Gasteiger partial charge in [-0.15, -0.1) is 17.9 Å². The molecule has 140 valence electrons. The van der Waals surface area contributed by atoms with E-state index in [1.807, 2.05) is 23.7 Å². The van der Waals surface area contributed by atoms with Crippen molar-refractivity contribution in [2.24, 2.45) is 10.1 Å². The van der Waals surface area contributed by atoms with E-state index in [-0.39, 0.29) is 0 Å². The summed E-state index contributed by atoms with van der Waals surface area (Å²) in [7, 11) is 0. The van der Waals surface area contributed by atoms with Crippen LogP contribution in [0.15, 0.2) is 70.6 Å². The van der Waals surface area contributed by atoms with E-state index in [2.05, 4.69) is 55.1 Å². The van der Waals surface area contributed by atoms with Crippen LogP contribution in [0, 0.1) is 25.2 Å². The molecule has 0 radical (unpaired) electrons. The maximum Gasteiger partial charge on any atom is 0.206 e. The number of aromatic nitrogens is 1. The quantitative estimate of drug-likeness (QED) is 0.446. The first-order valence-electron chi connectivity index (χ1n) is 8.99. The van der Waals surface area contributed by atoms with E-state index in [1.165, 1.54) is 11.1 Å². The molecule has 2 aromatic carbocycles. The van der Waals surface area contributed by atoms with Crippen LogP contribution in [0.1, 0.15) is 29.2 Å². The lowest BCUT2D eigenvalue weighted by Gasteiger charge is -2.08. The Morgan fingerprint density at radius 2 is 1.93 bits per heavy atom. The van der Waals surface area contributed by atoms with Crippen molar-refractivity contribution in [2.75, 3.05) is 6.54 Å². The molecule has 28 heavy (non-hydrogen) atoms. The summed E-state index contributed by atoms with van der Waals surface area (Å²) in [4.78, 5) is 5.42. The van der Waals surface area contributed by atoms with Crippen molar-refractivity contribution in [2.45, 2.75) is 20.8 Å². The van der Waals surface area contributed by atoms with Crippen LogP contribution in [-0.4, -0.2) is 16.9 Å². The van der Waals surface area contributed by atoms with Gasteiger partial charge >= 0.3 is 0 Å². The lowest BCUT2D eigenvalue weighted by atomic mass is 10.1. The third-order valence-corrected chi connectivity index (χ3v) is 5.38. The lowest BCUT2D eigenvalue weighted by Crippen LogP contribution is -2.14. The molecule has 0 atom stereocenters. The van der Waals surface area contributed by atoms with Gasteiger partial charge in [0, 0.05) is 10.9 Å². The third kappa shape index (κ3) is 4.19. The first-order chi connectivity index (χ1) is 13.5. The van der Waals surface area contributed by atoms with E-state index in [1.54, 1.807) is 29.5 Å². The third-order valence-electron chi connectivity index (χ3n) is 4.53. The lowest BCUT2D eigenvalue weighted by molar-refractivity contribution is 0.834. The second kappa shape index (κ2) is 8.64. The molecular formula is C23H22N4S. The summed E-state index contributed by atoms with van der Waals surface area (Å²) in [6.45, 7) is 10.5. The van der Waals surface area contributed by atoms with Gasteiger partial charge in [-0.2, -0.15) is 10.4 Å². The van der Waals surface area contributed by atoms with Crippen LogP contribution in [0.4, 0.5) is 0 Å². The standard InChI is InChI=1S/C23H22N4S/c1-5-12-25-23-27(26-18(4)20-10-7-19(14-24)8-11-20)22(15-28-23)21-9-6-16(2)17(3)13-21/h5-11,13,15H,1,12H2,2-4H3. The molecule has 4 nitrogen and oxygen atoms in total. The van der Waals surface area contributed by atoms with Crippen LogP contribution in [0.5, 0.6) is 0 Å². The Kier molecular flexibility index (Phi) is 6.03. The Morgan fingerprint density at radius 1 is 1.18 bits per heavy atom. The molecule has 0 N–H and O–H groups in total. The van der Waals surface area contributed by atoms with Gasteiger partial charge < -0.3 is 0 Å². The molecule has 0 bridgehead atoms. The summed E-state index contributed by atoms with van der Waals surface area (Å²) in [6.07, 6.45) is 1.77. The van der Waals surface area contributed by atoms with Gasteiger partial charge in [-0.1, -0.05) is 30.3 Å². The molecular weight excluding hydrogens is 364 g/mol. The van der Waals surface area contributed by atoms with Crippen LogP contribution >= 0.6 is 11.3 Å². The van der Waals surface area contributed by atoms with Crippen molar-refractivity contribution < 1.29 is 0 Å². The molecule has 1 aromatic heterocycles. The largest absolute Gasteiger partial charge is 0.253 e. The van der Waals surface area contributed by atoms with Crippen molar-refractivity contribution in [1.29, 1.82) is 5.26 Å². The molecule has 0 saturated carbocycles. The second-order valence-corrected chi connectivity index (χ2v) is 7.35. The van der Waals surface area contributed by atoms with Gasteiger partial charge in [0.25, 0.3) is 0 Å². The van der Waals surface area contributed by atoms with Crippen LogP contribution in [0.2, 0.25) is 0 Å². The van der Waals surface area contributed by atoms with Gasteiger partial charge in [-0.05, 0) is 55.7 Å². The predicted molar refractivity (Wildman–Crippen MR) is 117 cm³/mol. The SMILES string of the molecule is C=CCN=c1scc(-c2ccc(C)c(C)c2)n1N=C(C)c1ccc(C#N)cc1. The molecule has 0 amide bonds. The average Bonchev–Trinajstić information content (AvgIpc) is 3.10. The molecule has 5 heteroatoms. The maximum absolute atomic E-state index is 8.99. The fourth-order valence-electron chi connectivity index (χ4n) is 2.74. The van der Waals surface area contributed by atoms with Gasteiger partial charge in [0.2, 0.25) is 4.80 Å². The number of nitrogens with zero attached hydrogens (tertiary/aromatic N) is 4. The Hall–Kier alpha value is -3.23. The normalized spacial score (nSPS) is 12.1. The summed E-state index contributed by atoms with van der Waals surface area (Å²) < 4.78 is 1.89. The van der Waals surface area contributed by atoms with Crippen LogP contribution < -0.4 is 4.80 Å². The number of rotatable bonds is 5. The first kappa shape index (κ1) is 19.5. The topological polar surface area (TPSA) is 53.4 Å². The van der Waals surface area contributed by atoms with Crippen LogP contribution in [0.3, 0.4) is 0 Å². The predicted octanol–water partition coefficient (Wildman–Crippen LogP) is 5.06. The fraction of sp³-hybridized carbons (Fsp3) is 0.174. The highest BCUT2D eigenvalue weighted by Crippen LogP contribution is 2.23. The molecule has 0 spiro atoms. The zero-order valence-electron chi connectivity index (χ0n) is 16.3. The van der Waals surface area contributed by atoms with Gasteiger partial charge in [0.1, 0.15) is 0 Å². The van der Waals surface area contributed by atoms with Crippen molar-refractivity contribution in [3.05, 3.63) is 87.6 Å². The van der Waals surface area contributed by atoms with E-state index >= 15 is 0 Å². The summed E-state index contributed by atoms with van der Waals surface area (Å²) in [5.74, 6) is 0. The number of benzene rings is 2. The van der Waals surface area contributed by atoms with Crippen molar-refractivity contribution in [3.63, 3.8) is 0 Å². The highest BCUT2D eigenvalue weighted by atomic mass is 32.1. The highest BCUT2D eigenvalue weighted by molar-refractivity contribution is 7.07. The average molecular weight is 387 g/mol. The number of nitriles is 1. The van der Waals surface area contributed by atoms with Gasteiger partial charge in [0.15, 0.2) is 0 Å². The Balaban J connectivity index is 2.13. The zero-order chi connectivity index (χ0) is 20.1. The van der Waals surface area contributed by atoms with Crippen molar-refractivity contribution >= 4 is 17.0 Å². The molecule has 0 unspecified atom stereocenters. The molecule has 0 fully saturated rings. The van der Waals surface area contributed by atoms with E-state index < -0.39 is 0 Å². The number of hydrogen-bond donors (Lipinski definition) is 0. The number of hydrogen-bond acceptors (Lipinski definition) is 4. The van der Waals surface area contributed by atoms with Gasteiger partial charge in [0.05, 0.1) is 29.6 Å². The zero-order valence-corrected chi connectivity index (χ0v) is 17.1. The molecule has 0 saturated heterocycles. The Bertz CT molecular complexity index is 1140. The highest BCUT2D eigenvalue weighted by Gasteiger charge is 2.10. The summed E-state index contributed by atoms with van der Waals surface area (Å²) in [5.41, 5.74) is 7.08. The van der Waals surface area contributed by atoms with Crippen LogP contribution in [0.25, 0.3) is 11.3 Å². The maximum atomic E-state index is 8.99. The summed E-state index contributed by atoms with van der Waals surface area (Å²) in [5, 5.41) is 15.9. The minimum Gasteiger partial charge on any atom is -0.253 e. The fourth-order valence-corrected chi connectivity index (χ4v) is 3.58. The molecule has 3 rings (SSSR count). The van der Waals surface area contributed by atoms with E-state index in [0.29, 0.717) is 12.1 Å². The van der Waals surface area contributed by atoms with Crippen LogP contribution in [-0.2, 0) is 0 Å². The molecule has 0 aliphatic heterocycles. The molecule has 0 aliphatic carbocycles. The molecule has 1 heterocycles. The monoisotopic (exact) mass is 386 g/mol. The van der Waals surface area contributed by atoms with Crippen molar-refractivity contribution in [1.82, 2.24) is 4.68 Å². The number of thiazole rings is 1. The smallest absolute Gasteiger partial charge is 0.206 e. The van der Waals surface area contributed by atoms with Crippen molar-refractivity contribution in [3.8, 4) is 17.3 Å². The summed E-state index contributed by atoms with van der Waals surface area (Å²) >= 11 is 1.56. The Labute approximate surface area is 169 Å².